The van der Waals surface area contributed by atoms with Gasteiger partial charge in [-0.3, -0.25) is 4.79 Å². The molecule has 0 bridgehead atoms. The Morgan fingerprint density at radius 3 is 2.57 bits per heavy atom. The smallest absolute Gasteiger partial charge is 0.225 e. The number of piperidine rings is 1. The van der Waals surface area contributed by atoms with Crippen molar-refractivity contribution in [2.24, 2.45) is 0 Å². The van der Waals surface area contributed by atoms with Gasteiger partial charge in [-0.1, -0.05) is 0 Å². The molecule has 0 radical (unpaired) electrons. The normalized spacial score (nSPS) is 23.1. The third-order valence-electron chi connectivity index (χ3n) is 5.78. The molecule has 1 unspecified atom stereocenters. The van der Waals surface area contributed by atoms with Gasteiger partial charge in [0.05, 0.1) is 19.1 Å². The van der Waals surface area contributed by atoms with Crippen LogP contribution in [0.15, 0.2) is 12.4 Å². The van der Waals surface area contributed by atoms with Gasteiger partial charge in [-0.05, 0) is 25.7 Å². The summed E-state index contributed by atoms with van der Waals surface area (Å²) >= 11 is 0. The highest BCUT2D eigenvalue weighted by Gasteiger charge is 2.27. The summed E-state index contributed by atoms with van der Waals surface area (Å²) in [5.74, 6) is 1.71. The number of hydrogen-bond acceptors (Lipinski definition) is 6. The van der Waals surface area contributed by atoms with Crippen molar-refractivity contribution in [1.29, 1.82) is 0 Å². The third kappa shape index (κ3) is 5.69. The van der Waals surface area contributed by atoms with Crippen molar-refractivity contribution in [2.75, 3.05) is 50.8 Å². The number of carbonyl (C=O) groups is 1. The number of hydrogen-bond donors (Lipinski definition) is 1. The van der Waals surface area contributed by atoms with Gasteiger partial charge < -0.3 is 19.9 Å². The molecule has 28 heavy (non-hydrogen) atoms. The van der Waals surface area contributed by atoms with Crippen LogP contribution in [-0.4, -0.2) is 72.8 Å². The maximum atomic E-state index is 12.5. The van der Waals surface area contributed by atoms with Crippen molar-refractivity contribution < 1.29 is 9.53 Å². The monoisotopic (exact) mass is 431 g/mol. The maximum absolute atomic E-state index is 12.5. The standard InChI is InChI=1S/C19H29N5O2.2ClH/c25-19(11-16-13-20-5-10-26-16)24-8-3-15(4-9-24)17-12-18(22-14-21-17)23-6-1-2-7-23;;/h12,14-16,20H,1-11,13H2;2*1H. The molecule has 0 saturated carbocycles. The molecule has 3 aliphatic rings. The second kappa shape index (κ2) is 11.1. The van der Waals surface area contributed by atoms with E-state index in [2.05, 4.69) is 26.3 Å². The van der Waals surface area contributed by atoms with Crippen LogP contribution in [0.4, 0.5) is 5.82 Å². The van der Waals surface area contributed by atoms with Crippen LogP contribution in [0.25, 0.3) is 0 Å². The first kappa shape index (κ1) is 23.1. The van der Waals surface area contributed by atoms with Gasteiger partial charge >= 0.3 is 0 Å². The van der Waals surface area contributed by atoms with Crippen molar-refractivity contribution in [3.63, 3.8) is 0 Å². The lowest BCUT2D eigenvalue weighted by Gasteiger charge is -2.33. The van der Waals surface area contributed by atoms with Crippen LogP contribution >= 0.6 is 24.8 Å². The number of carbonyl (C=O) groups excluding carboxylic acids is 1. The van der Waals surface area contributed by atoms with Gasteiger partial charge in [-0.2, -0.15) is 0 Å². The topological polar surface area (TPSA) is 70.6 Å². The molecule has 158 valence electrons. The summed E-state index contributed by atoms with van der Waals surface area (Å²) < 4.78 is 5.66. The van der Waals surface area contributed by atoms with Gasteiger partial charge in [0.2, 0.25) is 5.91 Å². The van der Waals surface area contributed by atoms with Gasteiger partial charge in [-0.25, -0.2) is 9.97 Å². The molecule has 0 spiro atoms. The summed E-state index contributed by atoms with van der Waals surface area (Å²) in [4.78, 5) is 25.9. The molecule has 0 aliphatic carbocycles. The molecular weight excluding hydrogens is 401 g/mol. The summed E-state index contributed by atoms with van der Waals surface area (Å²) in [7, 11) is 0. The molecule has 1 aromatic rings. The summed E-state index contributed by atoms with van der Waals surface area (Å²) in [5.41, 5.74) is 1.13. The van der Waals surface area contributed by atoms with Crippen molar-refractivity contribution in [2.45, 2.75) is 44.1 Å². The van der Waals surface area contributed by atoms with Crippen molar-refractivity contribution in [1.82, 2.24) is 20.2 Å². The number of likely N-dealkylation sites (tertiary alicyclic amines) is 1. The van der Waals surface area contributed by atoms with E-state index in [1.165, 1.54) is 12.8 Å². The van der Waals surface area contributed by atoms with Crippen molar-refractivity contribution in [3.05, 3.63) is 18.1 Å². The first-order chi connectivity index (χ1) is 12.8. The Balaban J connectivity index is 0.00000140. The number of rotatable bonds is 4. The molecule has 3 fully saturated rings. The second-order valence-electron chi connectivity index (χ2n) is 7.55. The lowest BCUT2D eigenvalue weighted by atomic mass is 9.93. The first-order valence-electron chi connectivity index (χ1n) is 9.96. The number of aromatic nitrogens is 2. The van der Waals surface area contributed by atoms with E-state index in [4.69, 9.17) is 4.74 Å². The van der Waals surface area contributed by atoms with Crippen LogP contribution in [0.5, 0.6) is 0 Å². The molecule has 3 saturated heterocycles. The van der Waals surface area contributed by atoms with Gasteiger partial charge in [0.15, 0.2) is 0 Å². The Labute approximate surface area is 179 Å². The Bertz CT molecular complexity index is 616. The largest absolute Gasteiger partial charge is 0.375 e. The number of nitrogens with one attached hydrogen (secondary N) is 1. The highest BCUT2D eigenvalue weighted by molar-refractivity contribution is 5.85. The number of halogens is 2. The number of amides is 1. The Hall–Kier alpha value is -1.15. The Morgan fingerprint density at radius 1 is 1.14 bits per heavy atom. The molecule has 9 heteroatoms. The quantitative estimate of drug-likeness (QED) is 0.785. The Morgan fingerprint density at radius 2 is 1.89 bits per heavy atom. The van der Waals surface area contributed by atoms with Crippen LogP contribution < -0.4 is 10.2 Å². The third-order valence-corrected chi connectivity index (χ3v) is 5.78. The molecule has 0 aromatic carbocycles. The zero-order valence-corrected chi connectivity index (χ0v) is 17.8. The first-order valence-corrected chi connectivity index (χ1v) is 9.96. The van der Waals surface area contributed by atoms with Crippen LogP contribution in [-0.2, 0) is 9.53 Å². The highest BCUT2D eigenvalue weighted by atomic mass is 35.5. The zero-order valence-electron chi connectivity index (χ0n) is 16.2. The number of nitrogens with zero attached hydrogens (tertiary/aromatic N) is 4. The van der Waals surface area contributed by atoms with Crippen LogP contribution in [0.1, 0.15) is 43.7 Å². The van der Waals surface area contributed by atoms with Crippen LogP contribution in [0, 0.1) is 0 Å². The SMILES string of the molecule is Cl.Cl.O=C(CC1CNCCO1)N1CCC(c2cc(N3CCCC3)ncn2)CC1. The van der Waals surface area contributed by atoms with E-state index < -0.39 is 0 Å². The van der Waals surface area contributed by atoms with Crippen molar-refractivity contribution >= 4 is 36.5 Å². The fraction of sp³-hybridized carbons (Fsp3) is 0.737. The van der Waals surface area contributed by atoms with E-state index in [9.17, 15) is 4.79 Å². The predicted octanol–water partition coefficient (Wildman–Crippen LogP) is 2.00. The van der Waals surface area contributed by atoms with Gasteiger partial charge in [0.25, 0.3) is 0 Å². The number of morpholine rings is 1. The maximum Gasteiger partial charge on any atom is 0.225 e. The lowest BCUT2D eigenvalue weighted by molar-refractivity contribution is -0.135. The van der Waals surface area contributed by atoms with Crippen molar-refractivity contribution in [3.8, 4) is 0 Å². The molecule has 4 rings (SSSR count). The summed E-state index contributed by atoms with van der Waals surface area (Å²) in [6, 6.07) is 2.16. The molecule has 3 aliphatic heterocycles. The summed E-state index contributed by atoms with van der Waals surface area (Å²) in [6.07, 6.45) is 6.68. The number of anilines is 1. The predicted molar refractivity (Wildman–Crippen MR) is 114 cm³/mol. The average molecular weight is 432 g/mol. The van der Waals surface area contributed by atoms with E-state index in [0.717, 1.165) is 63.6 Å². The zero-order chi connectivity index (χ0) is 17.8. The fourth-order valence-electron chi connectivity index (χ4n) is 4.20. The van der Waals surface area contributed by atoms with Crippen LogP contribution in [0.2, 0.25) is 0 Å². The van der Waals surface area contributed by atoms with E-state index in [0.29, 0.717) is 18.9 Å². The van der Waals surface area contributed by atoms with Gasteiger partial charge in [-0.15, -0.1) is 24.8 Å². The number of ether oxygens (including phenoxy) is 1. The molecule has 1 aromatic heterocycles. The summed E-state index contributed by atoms with van der Waals surface area (Å²) in [6.45, 7) is 6.19. The minimum absolute atomic E-state index is 0. The second-order valence-corrected chi connectivity index (χ2v) is 7.55. The molecule has 7 nitrogen and oxygen atoms in total. The van der Waals surface area contributed by atoms with Crippen LogP contribution in [0.3, 0.4) is 0 Å². The average Bonchev–Trinajstić information content (AvgIpc) is 3.24. The Kier molecular flexibility index (Phi) is 9.21. The minimum atomic E-state index is 0. The van der Waals surface area contributed by atoms with E-state index in [1.807, 2.05) is 4.90 Å². The molecular formula is C19H31Cl2N5O2. The lowest BCUT2D eigenvalue weighted by Crippen LogP contribution is -2.44. The minimum Gasteiger partial charge on any atom is -0.375 e. The molecule has 1 N–H and O–H groups in total. The highest BCUT2D eigenvalue weighted by Crippen LogP contribution is 2.29. The molecule has 4 heterocycles. The van der Waals surface area contributed by atoms with E-state index >= 15 is 0 Å². The summed E-state index contributed by atoms with van der Waals surface area (Å²) in [5, 5.41) is 3.29. The van der Waals surface area contributed by atoms with Gasteiger partial charge in [0.1, 0.15) is 12.1 Å². The van der Waals surface area contributed by atoms with E-state index in [1.54, 1.807) is 6.33 Å². The molecule has 1 atom stereocenters. The van der Waals surface area contributed by atoms with E-state index in [-0.39, 0.29) is 36.8 Å². The fourth-order valence-corrected chi connectivity index (χ4v) is 4.20. The molecule has 1 amide bonds. The van der Waals surface area contributed by atoms with Gasteiger partial charge in [0, 0.05) is 56.9 Å².